The van der Waals surface area contributed by atoms with Crippen LogP contribution in [0.25, 0.3) is 0 Å². The number of amides is 3. The van der Waals surface area contributed by atoms with Gasteiger partial charge in [-0.1, -0.05) is 0 Å². The third kappa shape index (κ3) is 12.7. The van der Waals surface area contributed by atoms with Gasteiger partial charge < -0.3 is 54.4 Å². The van der Waals surface area contributed by atoms with Crippen LogP contribution < -0.4 is 44.2 Å². The van der Waals surface area contributed by atoms with E-state index in [1.807, 2.05) is 0 Å². The molecule has 38 heavy (non-hydrogen) atoms. The minimum Gasteiger partial charge on any atom is -0.481 e. The Labute approximate surface area is 219 Å². The lowest BCUT2D eigenvalue weighted by Gasteiger charge is -2.25. The van der Waals surface area contributed by atoms with Gasteiger partial charge in [0.05, 0.1) is 12.5 Å². The van der Waals surface area contributed by atoms with Gasteiger partial charge >= 0.3 is 11.9 Å². The van der Waals surface area contributed by atoms with E-state index in [9.17, 15) is 29.1 Å². The summed E-state index contributed by atoms with van der Waals surface area (Å²) in [6, 6.07) is -4.51. The Morgan fingerprint density at radius 2 is 1.32 bits per heavy atom. The molecule has 4 unspecified atom stereocenters. The van der Waals surface area contributed by atoms with Crippen LogP contribution in [0.2, 0.25) is 0 Å². The smallest absolute Gasteiger partial charge is 0.326 e. The number of aliphatic imine (C=N–C) groups is 2. The van der Waals surface area contributed by atoms with Crippen molar-refractivity contribution in [3.05, 3.63) is 0 Å². The van der Waals surface area contributed by atoms with Crippen LogP contribution in [0.3, 0.4) is 0 Å². The summed E-state index contributed by atoms with van der Waals surface area (Å²) in [5, 5.41) is 28.6. The summed E-state index contributed by atoms with van der Waals surface area (Å²) in [5.74, 6) is -5.29. The lowest BCUT2D eigenvalue weighted by atomic mass is 10.1. The van der Waals surface area contributed by atoms with Gasteiger partial charge in [-0.2, -0.15) is 0 Å². The predicted molar refractivity (Wildman–Crippen MR) is 137 cm³/mol. The number of nitrogens with one attached hydrogen (secondary N) is 4. The summed E-state index contributed by atoms with van der Waals surface area (Å²) in [5.41, 5.74) is 21.2. The Hall–Kier alpha value is -4.15. The normalized spacial score (nSPS) is 16.8. The number of carboxylic acids is 2. The number of nitrogens with zero attached hydrogens (tertiary/aromatic N) is 2. The molecule has 1 fully saturated rings. The molecule has 1 aliphatic rings. The second-order valence-corrected chi connectivity index (χ2v) is 8.67. The van der Waals surface area contributed by atoms with Crippen molar-refractivity contribution in [3.63, 3.8) is 0 Å². The molecule has 1 heterocycles. The van der Waals surface area contributed by atoms with E-state index in [1.165, 1.54) is 0 Å². The average molecular weight is 543 g/mol. The molecule has 14 N–H and O–H groups in total. The maximum Gasteiger partial charge on any atom is 0.326 e. The molecular formula is C21H38N10O7. The highest BCUT2D eigenvalue weighted by Gasteiger charge is 2.31. The molecule has 0 saturated carbocycles. The first-order valence-corrected chi connectivity index (χ1v) is 12.1. The Balaban J connectivity index is 3.02. The van der Waals surface area contributed by atoms with E-state index in [0.717, 1.165) is 6.42 Å². The molecule has 17 heteroatoms. The number of rotatable bonds is 17. The molecule has 1 aliphatic heterocycles. The minimum atomic E-state index is -1.72. The fourth-order valence-corrected chi connectivity index (χ4v) is 3.64. The van der Waals surface area contributed by atoms with Crippen molar-refractivity contribution in [1.82, 2.24) is 21.3 Å². The molecule has 1 saturated heterocycles. The second-order valence-electron chi connectivity index (χ2n) is 8.67. The Bertz CT molecular complexity index is 897. The van der Waals surface area contributed by atoms with Gasteiger partial charge in [0.25, 0.3) is 0 Å². The Morgan fingerprint density at radius 3 is 1.74 bits per heavy atom. The van der Waals surface area contributed by atoms with Gasteiger partial charge in [0.15, 0.2) is 11.9 Å². The van der Waals surface area contributed by atoms with Gasteiger partial charge in [-0.05, 0) is 45.1 Å². The summed E-state index contributed by atoms with van der Waals surface area (Å²) >= 11 is 0. The zero-order valence-electron chi connectivity index (χ0n) is 21.0. The van der Waals surface area contributed by atoms with Crippen LogP contribution >= 0.6 is 0 Å². The average Bonchev–Trinajstić information content (AvgIpc) is 3.36. The molecule has 0 radical (unpaired) electrons. The van der Waals surface area contributed by atoms with Crippen LogP contribution in [0.15, 0.2) is 9.98 Å². The quantitative estimate of drug-likeness (QED) is 0.0476. The first-order valence-electron chi connectivity index (χ1n) is 12.1. The molecule has 17 nitrogen and oxygen atoms in total. The van der Waals surface area contributed by atoms with Gasteiger partial charge in [0.1, 0.15) is 18.1 Å². The lowest BCUT2D eigenvalue weighted by Crippen LogP contribution is -2.57. The second kappa shape index (κ2) is 16.6. The van der Waals surface area contributed by atoms with E-state index in [1.54, 1.807) is 0 Å². The standard InChI is InChI=1S/C21H38N10O7/c22-20(23)27-8-2-5-12(29-16(34)11-4-1-7-26-11)17(35)30-13(6-3-9-28-21(24)25)18(36)31-14(19(37)38)10-15(32)33/h11-14,26H,1-10H2,(H,29,34)(H,30,35)(H,31,36)(H,32,33)(H,37,38)(H4,22,23,27)(H4,24,25,28). The number of carboxylic acid groups (broad SMARTS) is 2. The summed E-state index contributed by atoms with van der Waals surface area (Å²) in [7, 11) is 0. The third-order valence-electron chi connectivity index (χ3n) is 5.53. The molecule has 0 aromatic heterocycles. The van der Waals surface area contributed by atoms with Crippen molar-refractivity contribution in [2.24, 2.45) is 32.9 Å². The predicted octanol–water partition coefficient (Wildman–Crippen LogP) is -4.14. The van der Waals surface area contributed by atoms with Crippen molar-refractivity contribution in [2.75, 3.05) is 19.6 Å². The van der Waals surface area contributed by atoms with Crippen LogP contribution in [0.4, 0.5) is 0 Å². The zero-order valence-corrected chi connectivity index (χ0v) is 21.0. The van der Waals surface area contributed by atoms with Crippen LogP contribution in [-0.2, 0) is 24.0 Å². The monoisotopic (exact) mass is 542 g/mol. The number of carbonyl (C=O) groups excluding carboxylic acids is 3. The summed E-state index contributed by atoms with van der Waals surface area (Å²) in [6.07, 6.45) is 1.22. The summed E-state index contributed by atoms with van der Waals surface area (Å²) in [6.45, 7) is 0.978. The maximum atomic E-state index is 13.2. The largest absolute Gasteiger partial charge is 0.481 e. The Morgan fingerprint density at radius 1 is 0.816 bits per heavy atom. The SMILES string of the molecule is NC(N)=NCCCC(NC(=O)C(CCCN=C(N)N)NC(=O)C1CCCN1)C(=O)NC(CC(=O)O)C(=O)O. The van der Waals surface area contributed by atoms with Crippen molar-refractivity contribution in [2.45, 2.75) is 69.1 Å². The highest BCUT2D eigenvalue weighted by atomic mass is 16.4. The van der Waals surface area contributed by atoms with Crippen LogP contribution in [-0.4, -0.2) is 95.6 Å². The molecule has 4 atom stereocenters. The summed E-state index contributed by atoms with van der Waals surface area (Å²) < 4.78 is 0. The highest BCUT2D eigenvalue weighted by Crippen LogP contribution is 2.08. The van der Waals surface area contributed by atoms with E-state index in [2.05, 4.69) is 31.3 Å². The molecular weight excluding hydrogens is 504 g/mol. The van der Waals surface area contributed by atoms with Gasteiger partial charge in [0, 0.05) is 13.1 Å². The van der Waals surface area contributed by atoms with E-state index in [-0.39, 0.29) is 50.2 Å². The number of carbonyl (C=O) groups is 5. The van der Waals surface area contributed by atoms with E-state index in [4.69, 9.17) is 28.0 Å². The zero-order chi connectivity index (χ0) is 28.7. The molecule has 0 aromatic rings. The molecule has 0 aliphatic carbocycles. The number of hydrogen-bond acceptors (Lipinski definition) is 8. The van der Waals surface area contributed by atoms with Crippen LogP contribution in [0.1, 0.15) is 44.9 Å². The third-order valence-corrected chi connectivity index (χ3v) is 5.53. The van der Waals surface area contributed by atoms with Crippen molar-refractivity contribution in [3.8, 4) is 0 Å². The molecule has 0 aromatic carbocycles. The van der Waals surface area contributed by atoms with Crippen molar-refractivity contribution >= 4 is 41.6 Å². The van der Waals surface area contributed by atoms with Gasteiger partial charge in [-0.3, -0.25) is 29.2 Å². The topological polar surface area (TPSA) is 303 Å². The first kappa shape index (κ1) is 31.9. The van der Waals surface area contributed by atoms with E-state index >= 15 is 0 Å². The number of nitrogens with two attached hydrogens (primary N) is 4. The van der Waals surface area contributed by atoms with Gasteiger partial charge in [0.2, 0.25) is 17.7 Å². The summed E-state index contributed by atoms with van der Waals surface area (Å²) in [4.78, 5) is 68.8. The van der Waals surface area contributed by atoms with Crippen molar-refractivity contribution < 1.29 is 34.2 Å². The maximum absolute atomic E-state index is 13.2. The van der Waals surface area contributed by atoms with E-state index in [0.29, 0.717) is 19.4 Å². The first-order chi connectivity index (χ1) is 17.9. The molecule has 1 rings (SSSR count). The highest BCUT2D eigenvalue weighted by molar-refractivity contribution is 5.94. The van der Waals surface area contributed by atoms with Crippen LogP contribution in [0.5, 0.6) is 0 Å². The van der Waals surface area contributed by atoms with Gasteiger partial charge in [-0.15, -0.1) is 0 Å². The molecule has 0 bridgehead atoms. The molecule has 3 amide bonds. The van der Waals surface area contributed by atoms with E-state index < -0.39 is 54.3 Å². The number of hydrogen-bond donors (Lipinski definition) is 10. The fourth-order valence-electron chi connectivity index (χ4n) is 3.64. The lowest BCUT2D eigenvalue weighted by molar-refractivity contribution is -0.147. The van der Waals surface area contributed by atoms with Crippen molar-refractivity contribution in [1.29, 1.82) is 0 Å². The van der Waals surface area contributed by atoms with Crippen LogP contribution in [0, 0.1) is 0 Å². The fraction of sp³-hybridized carbons (Fsp3) is 0.667. The number of aliphatic carboxylic acids is 2. The Kier molecular flexibility index (Phi) is 13.9. The molecule has 0 spiro atoms. The molecule has 214 valence electrons. The van der Waals surface area contributed by atoms with Gasteiger partial charge in [-0.25, -0.2) is 4.79 Å². The minimum absolute atomic E-state index is 0.00733. The number of guanidine groups is 2.